The Bertz CT molecular complexity index is 809. The van der Waals surface area contributed by atoms with Crippen molar-refractivity contribution in [1.29, 1.82) is 0 Å². The largest absolute Gasteiger partial charge is 0.416 e. The second-order valence-electron chi connectivity index (χ2n) is 6.61. The normalized spacial score (nSPS) is 17.7. The molecule has 0 amide bonds. The fraction of sp³-hybridized carbons (Fsp3) is 0.600. The first kappa shape index (κ1) is 20.2. The third-order valence-corrected chi connectivity index (χ3v) is 8.14. The number of sulfonamides is 1. The van der Waals surface area contributed by atoms with Gasteiger partial charge < -0.3 is 0 Å². The highest BCUT2D eigenvalue weighted by atomic mass is 32.2. The van der Waals surface area contributed by atoms with Gasteiger partial charge in [0.05, 0.1) is 22.3 Å². The highest BCUT2D eigenvalue weighted by Gasteiger charge is 2.42. The lowest BCUT2D eigenvalue weighted by atomic mass is 10.1. The van der Waals surface area contributed by atoms with Crippen molar-refractivity contribution in [3.8, 4) is 0 Å². The summed E-state index contributed by atoms with van der Waals surface area (Å²) in [6.07, 6.45) is -4.48. The number of halogens is 3. The Kier molecular flexibility index (Phi) is 5.56. The molecule has 1 heterocycles. The van der Waals surface area contributed by atoms with Gasteiger partial charge in [-0.05, 0) is 23.6 Å². The molecule has 0 aromatic heterocycles. The molecule has 0 saturated carbocycles. The average Bonchev–Trinajstić information content (AvgIpc) is 2.32. The Balaban J connectivity index is 2.00. The number of hydrogen-bond donors (Lipinski definition) is 0. The van der Waals surface area contributed by atoms with Crippen LogP contribution in [0.5, 0.6) is 0 Å². The molecule has 10 heteroatoms. The van der Waals surface area contributed by atoms with E-state index in [1.165, 1.54) is 0 Å². The van der Waals surface area contributed by atoms with Crippen molar-refractivity contribution in [1.82, 2.24) is 4.31 Å². The predicted molar refractivity (Wildman–Crippen MR) is 88.1 cm³/mol. The van der Waals surface area contributed by atoms with Crippen LogP contribution in [0.15, 0.2) is 24.3 Å². The topological polar surface area (TPSA) is 71.5 Å². The van der Waals surface area contributed by atoms with Crippen LogP contribution in [-0.2, 0) is 31.8 Å². The molecule has 0 aliphatic carbocycles. The summed E-state index contributed by atoms with van der Waals surface area (Å²) in [5.41, 5.74) is -0.626. The molecule has 0 radical (unpaired) electrons. The number of rotatable bonds is 6. The number of sulfone groups is 1. The van der Waals surface area contributed by atoms with Crippen molar-refractivity contribution in [2.75, 3.05) is 18.8 Å². The summed E-state index contributed by atoms with van der Waals surface area (Å²) in [6.45, 7) is 3.35. The molecule has 25 heavy (non-hydrogen) atoms. The van der Waals surface area contributed by atoms with Crippen LogP contribution in [-0.4, -0.2) is 45.2 Å². The molecule has 0 bridgehead atoms. The van der Waals surface area contributed by atoms with Gasteiger partial charge in [-0.2, -0.15) is 17.5 Å². The summed E-state index contributed by atoms with van der Waals surface area (Å²) in [5, 5.41) is -0.711. The van der Waals surface area contributed by atoms with Crippen molar-refractivity contribution in [2.24, 2.45) is 5.92 Å². The zero-order chi connectivity index (χ0) is 19.0. The van der Waals surface area contributed by atoms with Crippen molar-refractivity contribution in [2.45, 2.75) is 31.0 Å². The third kappa shape index (κ3) is 4.95. The third-order valence-electron chi connectivity index (χ3n) is 3.91. The molecule has 142 valence electrons. The maximum atomic E-state index is 12.5. The average molecular weight is 399 g/mol. The first-order valence-corrected chi connectivity index (χ1v) is 11.0. The van der Waals surface area contributed by atoms with Crippen LogP contribution in [0, 0.1) is 5.92 Å². The van der Waals surface area contributed by atoms with Gasteiger partial charge in [-0.3, -0.25) is 0 Å². The highest BCUT2D eigenvalue weighted by molar-refractivity contribution is 7.92. The smallest absolute Gasteiger partial charge is 0.228 e. The minimum Gasteiger partial charge on any atom is -0.228 e. The number of benzene rings is 1. The summed E-state index contributed by atoms with van der Waals surface area (Å²) in [4.78, 5) is 0. The van der Waals surface area contributed by atoms with Crippen molar-refractivity contribution in [3.63, 3.8) is 0 Å². The number of nitrogens with zero attached hydrogens (tertiary/aromatic N) is 1. The van der Waals surface area contributed by atoms with Gasteiger partial charge >= 0.3 is 6.18 Å². The van der Waals surface area contributed by atoms with Gasteiger partial charge in [0.15, 0.2) is 9.84 Å². The lowest BCUT2D eigenvalue weighted by Crippen LogP contribution is -2.57. The summed E-state index contributed by atoms with van der Waals surface area (Å²) in [7, 11) is -7.10. The molecular formula is C15H20F3NO4S2. The Morgan fingerprint density at radius 2 is 1.60 bits per heavy atom. The van der Waals surface area contributed by atoms with Gasteiger partial charge in [0, 0.05) is 13.1 Å². The van der Waals surface area contributed by atoms with Gasteiger partial charge in [0.25, 0.3) is 0 Å². The van der Waals surface area contributed by atoms with Gasteiger partial charge in [-0.15, -0.1) is 0 Å². The molecule has 0 N–H and O–H groups in total. The van der Waals surface area contributed by atoms with E-state index in [1.807, 2.05) is 0 Å². The van der Waals surface area contributed by atoms with E-state index in [0.717, 1.165) is 28.6 Å². The number of hydrogen-bond acceptors (Lipinski definition) is 4. The summed E-state index contributed by atoms with van der Waals surface area (Å²) < 4.78 is 87.2. The molecule has 1 aromatic rings. The first-order chi connectivity index (χ1) is 11.3. The van der Waals surface area contributed by atoms with E-state index in [0.29, 0.717) is 0 Å². The Morgan fingerprint density at radius 3 is 2.04 bits per heavy atom. The Labute approximate surface area is 145 Å². The predicted octanol–water partition coefficient (Wildman–Crippen LogP) is 2.29. The summed E-state index contributed by atoms with van der Waals surface area (Å²) >= 11 is 0. The molecule has 1 fully saturated rings. The molecule has 5 nitrogen and oxygen atoms in total. The van der Waals surface area contributed by atoms with E-state index in [4.69, 9.17) is 0 Å². The van der Waals surface area contributed by atoms with Crippen LogP contribution >= 0.6 is 0 Å². The molecule has 1 aromatic carbocycles. The van der Waals surface area contributed by atoms with Crippen molar-refractivity contribution < 1.29 is 30.0 Å². The molecule has 0 atom stereocenters. The van der Waals surface area contributed by atoms with Crippen molar-refractivity contribution >= 4 is 19.9 Å². The number of alkyl halides is 3. The SMILES string of the molecule is CC(C)CS(=O)(=O)C1CN(S(=O)(=O)Cc2ccc(C(F)(F)F)cc2)C1. The van der Waals surface area contributed by atoms with Gasteiger partial charge in [-0.1, -0.05) is 26.0 Å². The van der Waals surface area contributed by atoms with Gasteiger partial charge in [0.2, 0.25) is 10.0 Å². The van der Waals surface area contributed by atoms with Crippen molar-refractivity contribution in [3.05, 3.63) is 35.4 Å². The Morgan fingerprint density at radius 1 is 1.08 bits per heavy atom. The monoisotopic (exact) mass is 399 g/mol. The van der Waals surface area contributed by atoms with E-state index in [2.05, 4.69) is 0 Å². The molecule has 2 rings (SSSR count). The van der Waals surface area contributed by atoms with Gasteiger partial charge in [0.1, 0.15) is 0 Å². The minimum absolute atomic E-state index is 0.00442. The molecule has 1 aliphatic rings. The summed E-state index contributed by atoms with van der Waals surface area (Å²) in [6, 6.07) is 3.90. The zero-order valence-electron chi connectivity index (χ0n) is 13.8. The van der Waals surface area contributed by atoms with Crippen LogP contribution in [0.2, 0.25) is 0 Å². The van der Waals surface area contributed by atoms with E-state index >= 15 is 0 Å². The van der Waals surface area contributed by atoms with Crippen LogP contribution in [0.4, 0.5) is 13.2 Å². The second kappa shape index (κ2) is 6.88. The van der Waals surface area contributed by atoms with E-state index < -0.39 is 42.6 Å². The fourth-order valence-electron chi connectivity index (χ4n) is 2.55. The quantitative estimate of drug-likeness (QED) is 0.736. The van der Waals surface area contributed by atoms with Crippen LogP contribution < -0.4 is 0 Å². The van der Waals surface area contributed by atoms with Crippen LogP contribution in [0.1, 0.15) is 25.0 Å². The van der Waals surface area contributed by atoms with Crippen LogP contribution in [0.25, 0.3) is 0 Å². The van der Waals surface area contributed by atoms with E-state index in [1.54, 1.807) is 13.8 Å². The van der Waals surface area contributed by atoms with E-state index in [9.17, 15) is 30.0 Å². The zero-order valence-corrected chi connectivity index (χ0v) is 15.5. The summed E-state index contributed by atoms with van der Waals surface area (Å²) in [5.74, 6) is -0.491. The highest BCUT2D eigenvalue weighted by Crippen LogP contribution is 2.30. The fourth-order valence-corrected chi connectivity index (χ4v) is 6.36. The lowest BCUT2D eigenvalue weighted by Gasteiger charge is -2.37. The van der Waals surface area contributed by atoms with Crippen LogP contribution in [0.3, 0.4) is 0 Å². The lowest BCUT2D eigenvalue weighted by molar-refractivity contribution is -0.137. The minimum atomic E-state index is -4.48. The van der Waals surface area contributed by atoms with Gasteiger partial charge in [-0.25, -0.2) is 16.8 Å². The molecular weight excluding hydrogens is 379 g/mol. The first-order valence-electron chi connectivity index (χ1n) is 7.67. The van der Waals surface area contributed by atoms with E-state index in [-0.39, 0.29) is 30.3 Å². The molecule has 0 unspecified atom stereocenters. The maximum Gasteiger partial charge on any atom is 0.416 e. The molecule has 1 saturated heterocycles. The standard InChI is InChI=1S/C15H20F3NO4S2/c1-11(2)9-24(20,21)14-7-19(8-14)25(22,23)10-12-3-5-13(6-4-12)15(16,17)18/h3-6,11,14H,7-10H2,1-2H3. The Hall–Kier alpha value is -1.13. The molecule has 1 aliphatic heterocycles. The molecule has 0 spiro atoms. The maximum absolute atomic E-state index is 12.5. The second-order valence-corrected chi connectivity index (χ2v) is 10.9.